The molecule has 0 saturated heterocycles. The fraction of sp³-hybridized carbons (Fsp3) is 0.294. The molecule has 128 valence electrons. The van der Waals surface area contributed by atoms with Crippen molar-refractivity contribution in [1.82, 2.24) is 10.3 Å². The van der Waals surface area contributed by atoms with Crippen molar-refractivity contribution in [2.45, 2.75) is 36.3 Å². The summed E-state index contributed by atoms with van der Waals surface area (Å²) in [5.74, 6) is -0.196. The fourth-order valence-electron chi connectivity index (χ4n) is 2.01. The number of hydrogen-bond donors (Lipinski definition) is 1. The summed E-state index contributed by atoms with van der Waals surface area (Å²) in [5.41, 5.74) is 0.178. The van der Waals surface area contributed by atoms with Crippen LogP contribution in [-0.2, 0) is 11.0 Å². The number of aromatic nitrogens is 1. The Morgan fingerprint density at radius 2 is 1.79 bits per heavy atom. The van der Waals surface area contributed by atoms with E-state index in [0.29, 0.717) is 5.03 Å². The van der Waals surface area contributed by atoms with E-state index in [-0.39, 0.29) is 11.9 Å². The van der Waals surface area contributed by atoms with Gasteiger partial charge in [0.2, 0.25) is 5.91 Å². The van der Waals surface area contributed by atoms with Crippen LogP contribution in [0.4, 0.5) is 13.2 Å². The van der Waals surface area contributed by atoms with Gasteiger partial charge in [-0.1, -0.05) is 42.1 Å². The molecule has 2 unspecified atom stereocenters. The summed E-state index contributed by atoms with van der Waals surface area (Å²) < 4.78 is 37.5. The van der Waals surface area contributed by atoms with Crippen molar-refractivity contribution in [2.75, 3.05) is 0 Å². The summed E-state index contributed by atoms with van der Waals surface area (Å²) >= 11 is 1.12. The molecule has 0 aliphatic heterocycles. The Morgan fingerprint density at radius 3 is 2.33 bits per heavy atom. The van der Waals surface area contributed by atoms with E-state index >= 15 is 0 Å². The molecule has 0 radical (unpaired) electrons. The molecular weight excluding hydrogens is 337 g/mol. The second-order valence-corrected chi connectivity index (χ2v) is 6.64. The van der Waals surface area contributed by atoms with Gasteiger partial charge >= 0.3 is 6.18 Å². The highest BCUT2D eigenvalue weighted by Gasteiger charge is 2.30. The highest BCUT2D eigenvalue weighted by molar-refractivity contribution is 8.00. The lowest BCUT2D eigenvalue weighted by atomic mass is 10.1. The predicted octanol–water partition coefficient (Wildman–Crippen LogP) is 4.46. The van der Waals surface area contributed by atoms with Crippen molar-refractivity contribution >= 4 is 17.7 Å². The van der Waals surface area contributed by atoms with Gasteiger partial charge in [-0.05, 0) is 31.5 Å². The summed E-state index contributed by atoms with van der Waals surface area (Å²) in [6.07, 6.45) is -3.64. The minimum absolute atomic E-state index is 0.151. The molecule has 1 amide bonds. The number of thioether (sulfide) groups is 1. The molecule has 1 aromatic heterocycles. The molecule has 7 heteroatoms. The van der Waals surface area contributed by atoms with E-state index < -0.39 is 17.0 Å². The van der Waals surface area contributed by atoms with Crippen LogP contribution in [-0.4, -0.2) is 16.1 Å². The number of alkyl halides is 3. The van der Waals surface area contributed by atoms with Crippen LogP contribution in [0.3, 0.4) is 0 Å². The fourth-order valence-corrected chi connectivity index (χ4v) is 2.81. The van der Waals surface area contributed by atoms with Crippen LogP contribution >= 0.6 is 11.8 Å². The zero-order valence-corrected chi connectivity index (χ0v) is 14.0. The minimum Gasteiger partial charge on any atom is -0.349 e. The molecule has 1 aromatic carbocycles. The van der Waals surface area contributed by atoms with Crippen LogP contribution in [0, 0.1) is 0 Å². The molecule has 1 heterocycles. The zero-order valence-electron chi connectivity index (χ0n) is 13.2. The Hall–Kier alpha value is -2.02. The normalized spacial score (nSPS) is 14.0. The van der Waals surface area contributed by atoms with Gasteiger partial charge in [-0.25, -0.2) is 4.98 Å². The third-order valence-corrected chi connectivity index (χ3v) is 4.44. The Balaban J connectivity index is 1.94. The first-order valence-electron chi connectivity index (χ1n) is 7.32. The SMILES string of the molecule is CC(Sc1ccc(C(F)(F)F)cn1)C(=O)NC(C)c1ccccc1. The molecular formula is C17H17F3N2OS. The lowest BCUT2D eigenvalue weighted by molar-refractivity contribution is -0.137. The van der Waals surface area contributed by atoms with Gasteiger partial charge in [0.25, 0.3) is 0 Å². The molecule has 0 aliphatic carbocycles. The Bertz CT molecular complexity index is 674. The number of nitrogens with zero attached hydrogens (tertiary/aromatic N) is 1. The van der Waals surface area contributed by atoms with Crippen molar-refractivity contribution < 1.29 is 18.0 Å². The molecule has 0 saturated carbocycles. The third-order valence-electron chi connectivity index (χ3n) is 3.39. The number of carbonyl (C=O) groups is 1. The first kappa shape index (κ1) is 18.3. The molecule has 0 fully saturated rings. The smallest absolute Gasteiger partial charge is 0.349 e. The summed E-state index contributed by atoms with van der Waals surface area (Å²) in [6, 6.07) is 11.6. The van der Waals surface area contributed by atoms with Gasteiger partial charge in [-0.3, -0.25) is 4.79 Å². The summed E-state index contributed by atoms with van der Waals surface area (Å²) in [6.45, 7) is 3.57. The van der Waals surface area contributed by atoms with Gasteiger partial charge in [0, 0.05) is 6.20 Å². The van der Waals surface area contributed by atoms with Crippen LogP contribution < -0.4 is 5.32 Å². The van der Waals surface area contributed by atoms with E-state index in [1.54, 1.807) is 6.92 Å². The highest BCUT2D eigenvalue weighted by Crippen LogP contribution is 2.30. The first-order chi connectivity index (χ1) is 11.3. The molecule has 2 rings (SSSR count). The van der Waals surface area contributed by atoms with Crippen molar-refractivity contribution in [3.05, 3.63) is 59.8 Å². The number of nitrogens with one attached hydrogen (secondary N) is 1. The van der Waals surface area contributed by atoms with E-state index in [0.717, 1.165) is 29.6 Å². The summed E-state index contributed by atoms with van der Waals surface area (Å²) in [4.78, 5) is 16.0. The second-order valence-electron chi connectivity index (χ2n) is 5.28. The quantitative estimate of drug-likeness (QED) is 0.806. The summed E-state index contributed by atoms with van der Waals surface area (Å²) in [5, 5.41) is 2.79. The van der Waals surface area contributed by atoms with Crippen LogP contribution in [0.2, 0.25) is 0 Å². The van der Waals surface area contributed by atoms with Crippen LogP contribution in [0.1, 0.15) is 31.0 Å². The number of hydrogen-bond acceptors (Lipinski definition) is 3. The molecule has 0 spiro atoms. The molecule has 1 N–H and O–H groups in total. The zero-order chi connectivity index (χ0) is 17.7. The van der Waals surface area contributed by atoms with Crippen molar-refractivity contribution in [1.29, 1.82) is 0 Å². The molecule has 24 heavy (non-hydrogen) atoms. The van der Waals surface area contributed by atoms with E-state index in [9.17, 15) is 18.0 Å². The molecule has 3 nitrogen and oxygen atoms in total. The number of halogens is 3. The van der Waals surface area contributed by atoms with Gasteiger partial charge in [-0.2, -0.15) is 13.2 Å². The van der Waals surface area contributed by atoms with Gasteiger partial charge in [0.05, 0.1) is 21.9 Å². The van der Waals surface area contributed by atoms with Gasteiger partial charge in [-0.15, -0.1) is 0 Å². The maximum absolute atomic E-state index is 12.5. The number of amides is 1. The van der Waals surface area contributed by atoms with Crippen LogP contribution in [0.25, 0.3) is 0 Å². The lowest BCUT2D eigenvalue weighted by Gasteiger charge is -2.17. The number of benzene rings is 1. The maximum Gasteiger partial charge on any atom is 0.417 e. The average Bonchev–Trinajstić information content (AvgIpc) is 2.55. The van der Waals surface area contributed by atoms with Crippen molar-refractivity contribution in [3.8, 4) is 0 Å². The van der Waals surface area contributed by atoms with E-state index in [1.807, 2.05) is 37.3 Å². The molecule has 2 atom stereocenters. The highest BCUT2D eigenvalue weighted by atomic mass is 32.2. The molecule has 2 aromatic rings. The third kappa shape index (κ3) is 4.99. The first-order valence-corrected chi connectivity index (χ1v) is 8.20. The molecule has 0 bridgehead atoms. The van der Waals surface area contributed by atoms with Gasteiger partial charge < -0.3 is 5.32 Å². The number of carbonyl (C=O) groups excluding carboxylic acids is 1. The lowest BCUT2D eigenvalue weighted by Crippen LogP contribution is -2.33. The maximum atomic E-state index is 12.5. The molecule has 0 aliphatic rings. The number of pyridine rings is 1. The number of rotatable bonds is 5. The Kier molecular flexibility index (Phi) is 5.88. The van der Waals surface area contributed by atoms with Gasteiger partial charge in [0.15, 0.2) is 0 Å². The Morgan fingerprint density at radius 1 is 1.12 bits per heavy atom. The predicted molar refractivity (Wildman–Crippen MR) is 87.6 cm³/mol. The van der Waals surface area contributed by atoms with E-state index in [1.165, 1.54) is 6.07 Å². The standard InChI is InChI=1S/C17H17F3N2OS/c1-11(13-6-4-3-5-7-13)22-16(23)12(2)24-15-9-8-14(10-21-15)17(18,19)20/h3-12H,1-2H3,(H,22,23). The average molecular weight is 354 g/mol. The van der Waals surface area contributed by atoms with E-state index in [4.69, 9.17) is 0 Å². The Labute approximate surface area is 142 Å². The van der Waals surface area contributed by atoms with Gasteiger partial charge in [0.1, 0.15) is 0 Å². The second kappa shape index (κ2) is 7.70. The topological polar surface area (TPSA) is 42.0 Å². The van der Waals surface area contributed by atoms with Crippen LogP contribution in [0.15, 0.2) is 53.7 Å². The van der Waals surface area contributed by atoms with Crippen LogP contribution in [0.5, 0.6) is 0 Å². The van der Waals surface area contributed by atoms with E-state index in [2.05, 4.69) is 10.3 Å². The van der Waals surface area contributed by atoms with Crippen molar-refractivity contribution in [3.63, 3.8) is 0 Å². The monoisotopic (exact) mass is 354 g/mol. The minimum atomic E-state index is -4.41. The largest absolute Gasteiger partial charge is 0.417 e. The van der Waals surface area contributed by atoms with Crippen molar-refractivity contribution in [2.24, 2.45) is 0 Å². The summed E-state index contributed by atoms with van der Waals surface area (Å²) in [7, 11) is 0.